The average molecular weight is 257 g/mol. The van der Waals surface area contributed by atoms with E-state index < -0.39 is 17.7 Å². The topological polar surface area (TPSA) is 38.7 Å². The van der Waals surface area contributed by atoms with Gasteiger partial charge in [0.15, 0.2) is 5.78 Å². The molecule has 1 aromatic carbocycles. The Morgan fingerprint density at radius 3 is 2.56 bits per heavy atom. The Balaban J connectivity index is 2.68. The van der Waals surface area contributed by atoms with Crippen LogP contribution in [0.2, 0.25) is 0 Å². The largest absolute Gasteiger partial charge is 0.494 e. The van der Waals surface area contributed by atoms with Crippen LogP contribution in [-0.2, 0) is 6.18 Å². The molecule has 0 fully saturated rings. The zero-order valence-corrected chi connectivity index (χ0v) is 9.71. The highest BCUT2D eigenvalue weighted by atomic mass is 19.4. The van der Waals surface area contributed by atoms with E-state index in [-0.39, 0.29) is 22.8 Å². The van der Waals surface area contributed by atoms with Gasteiger partial charge in [0.05, 0.1) is 18.6 Å². The number of methoxy groups -OCH3 is 1. The lowest BCUT2D eigenvalue weighted by molar-refractivity contribution is -0.137. The summed E-state index contributed by atoms with van der Waals surface area (Å²) in [5.41, 5.74) is -0.791. The van der Waals surface area contributed by atoms with Crippen molar-refractivity contribution in [2.45, 2.75) is 13.1 Å². The molecule has 3 nitrogen and oxygen atoms in total. The molecule has 0 saturated heterocycles. The van der Waals surface area contributed by atoms with E-state index >= 15 is 0 Å². The number of hydrogen-bond acceptors (Lipinski definition) is 3. The number of ether oxygens (including phenoxy) is 1. The lowest BCUT2D eigenvalue weighted by Crippen LogP contribution is -2.18. The first-order chi connectivity index (χ1) is 8.34. The summed E-state index contributed by atoms with van der Waals surface area (Å²) in [6.45, 7) is 1.58. The van der Waals surface area contributed by atoms with Crippen molar-refractivity contribution in [3.05, 3.63) is 23.3 Å². The molecule has 0 amide bonds. The van der Waals surface area contributed by atoms with Crippen molar-refractivity contribution in [3.8, 4) is 5.75 Å². The number of fused-ring (bicyclic) bond motifs is 1. The molecule has 0 aliphatic carbocycles. The predicted octanol–water partition coefficient (Wildman–Crippen LogP) is 3.25. The van der Waals surface area contributed by atoms with E-state index in [0.29, 0.717) is 0 Å². The number of carbonyl (C=O) groups is 1. The Morgan fingerprint density at radius 1 is 1.33 bits per heavy atom. The van der Waals surface area contributed by atoms with Crippen LogP contribution in [0.25, 0.3) is 0 Å². The highest BCUT2D eigenvalue weighted by Gasteiger charge is 2.34. The maximum absolute atomic E-state index is 12.7. The van der Waals surface area contributed by atoms with E-state index in [0.717, 1.165) is 12.1 Å². The summed E-state index contributed by atoms with van der Waals surface area (Å²) in [6, 6.07) is 1.67. The lowest BCUT2D eigenvalue weighted by atomic mass is 9.94. The SMILES string of the molecule is COc1cc(C(F)(F)F)cc2c1N=CC(C)C2=O. The van der Waals surface area contributed by atoms with Gasteiger partial charge in [-0.3, -0.25) is 9.79 Å². The highest BCUT2D eigenvalue weighted by Crippen LogP contribution is 2.41. The fourth-order valence-corrected chi connectivity index (χ4v) is 1.75. The van der Waals surface area contributed by atoms with Crippen molar-refractivity contribution in [3.63, 3.8) is 0 Å². The summed E-state index contributed by atoms with van der Waals surface area (Å²) in [4.78, 5) is 15.8. The van der Waals surface area contributed by atoms with Crippen LogP contribution in [0.4, 0.5) is 18.9 Å². The number of hydrogen-bond donors (Lipinski definition) is 0. The third-order valence-corrected chi connectivity index (χ3v) is 2.73. The molecule has 1 atom stereocenters. The molecule has 1 aliphatic heterocycles. The summed E-state index contributed by atoms with van der Waals surface area (Å²) in [6.07, 6.45) is -3.12. The van der Waals surface area contributed by atoms with Crippen molar-refractivity contribution in [2.75, 3.05) is 7.11 Å². The first kappa shape index (κ1) is 12.6. The van der Waals surface area contributed by atoms with E-state index in [1.807, 2.05) is 0 Å². The van der Waals surface area contributed by atoms with Gasteiger partial charge in [-0.05, 0) is 12.1 Å². The molecule has 18 heavy (non-hydrogen) atoms. The minimum atomic E-state index is -4.52. The molecule has 1 aliphatic rings. The number of ketones is 1. The number of aliphatic imine (C=N–C) groups is 1. The highest BCUT2D eigenvalue weighted by molar-refractivity contribution is 6.12. The Bertz CT molecular complexity index is 535. The number of Topliss-reactive ketones (excluding diaryl/α,β-unsaturated/α-hetero) is 1. The Kier molecular flexibility index (Phi) is 2.88. The minimum absolute atomic E-state index is 0.0447. The third-order valence-electron chi connectivity index (χ3n) is 2.73. The quantitative estimate of drug-likeness (QED) is 0.774. The van der Waals surface area contributed by atoms with Crippen LogP contribution in [0.3, 0.4) is 0 Å². The van der Waals surface area contributed by atoms with Gasteiger partial charge in [0.25, 0.3) is 0 Å². The predicted molar refractivity (Wildman–Crippen MR) is 59.6 cm³/mol. The molecular weight excluding hydrogens is 247 g/mol. The van der Waals surface area contributed by atoms with Gasteiger partial charge in [-0.15, -0.1) is 0 Å². The number of rotatable bonds is 1. The van der Waals surface area contributed by atoms with E-state index in [9.17, 15) is 18.0 Å². The Morgan fingerprint density at radius 2 is 2.00 bits per heavy atom. The summed E-state index contributed by atoms with van der Waals surface area (Å²) < 4.78 is 42.9. The third kappa shape index (κ3) is 1.98. The van der Waals surface area contributed by atoms with Crippen molar-refractivity contribution in [1.82, 2.24) is 0 Å². The lowest BCUT2D eigenvalue weighted by Gasteiger charge is -2.18. The number of carbonyl (C=O) groups excluding carboxylic acids is 1. The molecule has 1 aromatic rings. The van der Waals surface area contributed by atoms with Crippen LogP contribution in [-0.4, -0.2) is 19.1 Å². The zero-order valence-electron chi connectivity index (χ0n) is 9.71. The smallest absolute Gasteiger partial charge is 0.416 e. The molecular formula is C12H10F3NO2. The summed E-state index contributed by atoms with van der Waals surface area (Å²) in [5.74, 6) is -0.952. The minimum Gasteiger partial charge on any atom is -0.494 e. The fourth-order valence-electron chi connectivity index (χ4n) is 1.75. The summed E-state index contributed by atoms with van der Waals surface area (Å²) >= 11 is 0. The second kappa shape index (κ2) is 4.12. The summed E-state index contributed by atoms with van der Waals surface area (Å²) in [5, 5.41) is 0. The molecule has 6 heteroatoms. The molecule has 0 radical (unpaired) electrons. The van der Waals surface area contributed by atoms with Gasteiger partial charge in [-0.2, -0.15) is 13.2 Å². The van der Waals surface area contributed by atoms with Gasteiger partial charge in [-0.1, -0.05) is 6.92 Å². The van der Waals surface area contributed by atoms with Gasteiger partial charge in [0, 0.05) is 11.8 Å². The normalized spacial score (nSPS) is 18.7. The van der Waals surface area contributed by atoms with Crippen molar-refractivity contribution >= 4 is 17.7 Å². The van der Waals surface area contributed by atoms with Crippen LogP contribution in [0.1, 0.15) is 22.8 Å². The number of halogens is 3. The number of nitrogens with zero attached hydrogens (tertiary/aromatic N) is 1. The molecule has 1 unspecified atom stereocenters. The van der Waals surface area contributed by atoms with Gasteiger partial charge in [0.2, 0.25) is 0 Å². The van der Waals surface area contributed by atoms with Crippen LogP contribution < -0.4 is 4.74 Å². The van der Waals surface area contributed by atoms with Gasteiger partial charge in [0.1, 0.15) is 11.4 Å². The van der Waals surface area contributed by atoms with Crippen molar-refractivity contribution in [2.24, 2.45) is 10.9 Å². The molecule has 96 valence electrons. The fraction of sp³-hybridized carbons (Fsp3) is 0.333. The average Bonchev–Trinajstić information content (AvgIpc) is 2.31. The van der Waals surface area contributed by atoms with E-state index in [1.54, 1.807) is 6.92 Å². The molecule has 0 N–H and O–H groups in total. The van der Waals surface area contributed by atoms with Gasteiger partial charge in [-0.25, -0.2) is 0 Å². The molecule has 0 saturated carbocycles. The zero-order chi connectivity index (χ0) is 13.5. The first-order valence-corrected chi connectivity index (χ1v) is 5.22. The maximum Gasteiger partial charge on any atom is 0.416 e. The monoisotopic (exact) mass is 257 g/mol. The van der Waals surface area contributed by atoms with Crippen LogP contribution in [0.5, 0.6) is 5.75 Å². The van der Waals surface area contributed by atoms with Gasteiger partial charge < -0.3 is 4.74 Å². The second-order valence-corrected chi connectivity index (χ2v) is 4.00. The Labute approximate surface area is 101 Å². The number of alkyl halides is 3. The van der Waals surface area contributed by atoms with Crippen molar-refractivity contribution < 1.29 is 22.7 Å². The van der Waals surface area contributed by atoms with Crippen LogP contribution in [0.15, 0.2) is 17.1 Å². The van der Waals surface area contributed by atoms with E-state index in [4.69, 9.17) is 4.74 Å². The van der Waals surface area contributed by atoms with Crippen LogP contribution in [0, 0.1) is 5.92 Å². The molecule has 0 bridgehead atoms. The maximum atomic E-state index is 12.7. The van der Waals surface area contributed by atoms with Gasteiger partial charge >= 0.3 is 6.18 Å². The second-order valence-electron chi connectivity index (χ2n) is 4.00. The summed E-state index contributed by atoms with van der Waals surface area (Å²) in [7, 11) is 1.24. The molecule has 2 rings (SSSR count). The molecule has 0 aromatic heterocycles. The van der Waals surface area contributed by atoms with E-state index in [2.05, 4.69) is 4.99 Å². The Hall–Kier alpha value is -1.85. The first-order valence-electron chi connectivity index (χ1n) is 5.22. The molecule has 1 heterocycles. The molecule has 0 spiro atoms. The van der Waals surface area contributed by atoms with E-state index in [1.165, 1.54) is 13.3 Å². The van der Waals surface area contributed by atoms with Crippen molar-refractivity contribution in [1.29, 1.82) is 0 Å². The van der Waals surface area contributed by atoms with Crippen LogP contribution >= 0.6 is 0 Å². The standard InChI is InChI=1S/C12H10F3NO2/c1-6-5-16-10-8(11(6)17)3-7(12(13,14)15)4-9(10)18-2/h3-6H,1-2H3. The number of benzene rings is 1.